The Labute approximate surface area is 115 Å². The summed E-state index contributed by atoms with van der Waals surface area (Å²) in [6, 6.07) is 0. The Bertz CT molecular complexity index is 360. The smallest absolute Gasteiger partial charge is 0.240 e. The van der Waals surface area contributed by atoms with Gasteiger partial charge < -0.3 is 11.1 Å². The number of carbonyl (C=O) groups is 1. The molecule has 5 aliphatic rings. The van der Waals surface area contributed by atoms with Crippen LogP contribution in [0.25, 0.3) is 0 Å². The van der Waals surface area contributed by atoms with E-state index >= 15 is 0 Å². The fourth-order valence-corrected chi connectivity index (χ4v) is 5.40. The summed E-state index contributed by atoms with van der Waals surface area (Å²) in [6.45, 7) is 0.852. The van der Waals surface area contributed by atoms with Crippen LogP contribution in [0.1, 0.15) is 51.4 Å². The van der Waals surface area contributed by atoms with Crippen LogP contribution >= 0.6 is 0 Å². The SMILES string of the molecule is NC1(C(=O)NCCC2C3CC4CC(C3)CC2C4)CC1. The van der Waals surface area contributed by atoms with Gasteiger partial charge in [0.1, 0.15) is 0 Å². The van der Waals surface area contributed by atoms with E-state index in [9.17, 15) is 4.79 Å². The maximum atomic E-state index is 11.8. The van der Waals surface area contributed by atoms with Crippen LogP contribution < -0.4 is 11.1 Å². The number of hydrogen-bond donors (Lipinski definition) is 2. The zero-order valence-corrected chi connectivity index (χ0v) is 11.7. The van der Waals surface area contributed by atoms with E-state index in [2.05, 4.69) is 5.32 Å². The Morgan fingerprint density at radius 3 is 2.16 bits per heavy atom. The van der Waals surface area contributed by atoms with E-state index in [4.69, 9.17) is 5.73 Å². The van der Waals surface area contributed by atoms with E-state index in [0.717, 1.165) is 49.0 Å². The summed E-state index contributed by atoms with van der Waals surface area (Å²) >= 11 is 0. The Hall–Kier alpha value is -0.570. The molecule has 0 heterocycles. The molecule has 106 valence electrons. The molecule has 0 spiro atoms. The summed E-state index contributed by atoms with van der Waals surface area (Å²) < 4.78 is 0. The van der Waals surface area contributed by atoms with Gasteiger partial charge in [-0.25, -0.2) is 0 Å². The molecule has 3 nitrogen and oxygen atoms in total. The number of nitrogens with two attached hydrogens (primary N) is 1. The minimum Gasteiger partial charge on any atom is -0.354 e. The normalized spacial score (nSPS) is 45.2. The first kappa shape index (κ1) is 12.2. The predicted octanol–water partition coefficient (Wildman–Crippen LogP) is 2.06. The van der Waals surface area contributed by atoms with Gasteiger partial charge in [0.15, 0.2) is 0 Å². The van der Waals surface area contributed by atoms with Crippen LogP contribution in [0.15, 0.2) is 0 Å². The second-order valence-electron chi connectivity index (χ2n) is 7.80. The van der Waals surface area contributed by atoms with Crippen LogP contribution in [0.5, 0.6) is 0 Å². The van der Waals surface area contributed by atoms with Gasteiger partial charge in [-0.3, -0.25) is 4.79 Å². The molecule has 5 saturated carbocycles. The van der Waals surface area contributed by atoms with E-state index in [0.29, 0.717) is 0 Å². The lowest BCUT2D eigenvalue weighted by molar-refractivity contribution is -0.123. The number of carbonyl (C=O) groups excluding carboxylic acids is 1. The molecule has 0 aromatic rings. The minimum atomic E-state index is -0.496. The Morgan fingerprint density at radius 1 is 1.05 bits per heavy atom. The largest absolute Gasteiger partial charge is 0.354 e. The van der Waals surface area contributed by atoms with Crippen molar-refractivity contribution in [3.05, 3.63) is 0 Å². The molecule has 5 fully saturated rings. The maximum Gasteiger partial charge on any atom is 0.240 e. The monoisotopic (exact) mass is 262 g/mol. The molecule has 3 N–H and O–H groups in total. The first-order valence-corrected chi connectivity index (χ1v) is 8.21. The quantitative estimate of drug-likeness (QED) is 0.815. The predicted molar refractivity (Wildman–Crippen MR) is 74.3 cm³/mol. The van der Waals surface area contributed by atoms with Gasteiger partial charge in [-0.1, -0.05) is 0 Å². The van der Waals surface area contributed by atoms with E-state index in [1.165, 1.54) is 38.5 Å². The molecule has 0 aliphatic heterocycles. The lowest BCUT2D eigenvalue weighted by atomic mass is 9.51. The first-order chi connectivity index (χ1) is 9.14. The third kappa shape index (κ3) is 2.10. The standard InChI is InChI=1S/C16H26N2O/c17-16(2-3-16)15(19)18-4-1-14-12-6-10-5-11(8-12)9-13(14)7-10/h10-14H,1-9,17H2,(H,18,19). The highest BCUT2D eigenvalue weighted by molar-refractivity contribution is 5.88. The van der Waals surface area contributed by atoms with Crippen molar-refractivity contribution in [3.8, 4) is 0 Å². The van der Waals surface area contributed by atoms with Gasteiger partial charge in [-0.2, -0.15) is 0 Å². The third-order valence-electron chi connectivity index (χ3n) is 6.43. The van der Waals surface area contributed by atoms with E-state index in [1.54, 1.807) is 0 Å². The fourth-order valence-electron chi connectivity index (χ4n) is 5.40. The van der Waals surface area contributed by atoms with Crippen molar-refractivity contribution in [2.75, 3.05) is 6.54 Å². The molecule has 4 bridgehead atoms. The van der Waals surface area contributed by atoms with E-state index in [1.807, 2.05) is 0 Å². The summed E-state index contributed by atoms with van der Waals surface area (Å²) in [5.41, 5.74) is 5.42. The van der Waals surface area contributed by atoms with Gasteiger partial charge in [-0.05, 0) is 81.0 Å². The number of nitrogens with one attached hydrogen (secondary N) is 1. The van der Waals surface area contributed by atoms with E-state index < -0.39 is 5.54 Å². The topological polar surface area (TPSA) is 55.1 Å². The summed E-state index contributed by atoms with van der Waals surface area (Å²) in [7, 11) is 0. The molecular formula is C16H26N2O. The zero-order valence-electron chi connectivity index (χ0n) is 11.7. The number of amides is 1. The molecule has 0 aromatic carbocycles. The molecule has 0 saturated heterocycles. The molecule has 1 amide bonds. The van der Waals surface area contributed by atoms with Gasteiger partial charge in [-0.15, -0.1) is 0 Å². The Balaban J connectivity index is 1.30. The average molecular weight is 262 g/mol. The molecule has 0 aromatic heterocycles. The second kappa shape index (κ2) is 4.21. The van der Waals surface area contributed by atoms with Crippen LogP contribution in [-0.4, -0.2) is 18.0 Å². The molecule has 0 radical (unpaired) electrons. The van der Waals surface area contributed by atoms with Crippen molar-refractivity contribution in [3.63, 3.8) is 0 Å². The summed E-state index contributed by atoms with van der Waals surface area (Å²) in [5.74, 6) is 5.03. The lowest BCUT2D eigenvalue weighted by Gasteiger charge is -2.54. The summed E-state index contributed by atoms with van der Waals surface area (Å²) in [5, 5.41) is 3.08. The highest BCUT2D eigenvalue weighted by Crippen LogP contribution is 2.57. The van der Waals surface area contributed by atoms with Crippen molar-refractivity contribution in [1.29, 1.82) is 0 Å². The molecule has 0 atom stereocenters. The third-order valence-corrected chi connectivity index (χ3v) is 6.43. The Kier molecular flexibility index (Phi) is 2.70. The molecule has 3 heteroatoms. The van der Waals surface area contributed by atoms with Crippen molar-refractivity contribution in [2.24, 2.45) is 35.3 Å². The van der Waals surface area contributed by atoms with Crippen molar-refractivity contribution >= 4 is 5.91 Å². The number of hydrogen-bond acceptors (Lipinski definition) is 2. The van der Waals surface area contributed by atoms with Gasteiger partial charge in [0.25, 0.3) is 0 Å². The molecule has 5 rings (SSSR count). The van der Waals surface area contributed by atoms with Gasteiger partial charge in [0, 0.05) is 6.54 Å². The van der Waals surface area contributed by atoms with E-state index in [-0.39, 0.29) is 5.91 Å². The highest BCUT2D eigenvalue weighted by Gasteiger charge is 2.48. The van der Waals surface area contributed by atoms with Crippen molar-refractivity contribution in [1.82, 2.24) is 5.32 Å². The van der Waals surface area contributed by atoms with Crippen LogP contribution in [-0.2, 0) is 4.79 Å². The summed E-state index contributed by atoms with van der Waals surface area (Å²) in [4.78, 5) is 11.8. The summed E-state index contributed by atoms with van der Waals surface area (Å²) in [6.07, 6.45) is 10.4. The van der Waals surface area contributed by atoms with Crippen molar-refractivity contribution in [2.45, 2.75) is 56.9 Å². The van der Waals surface area contributed by atoms with Gasteiger partial charge in [0.2, 0.25) is 5.91 Å². The molecule has 0 unspecified atom stereocenters. The van der Waals surface area contributed by atoms with Crippen LogP contribution in [0.3, 0.4) is 0 Å². The molecular weight excluding hydrogens is 236 g/mol. The molecule has 5 aliphatic carbocycles. The van der Waals surface area contributed by atoms with Gasteiger partial charge in [0.05, 0.1) is 5.54 Å². The minimum absolute atomic E-state index is 0.0938. The van der Waals surface area contributed by atoms with Crippen LogP contribution in [0, 0.1) is 29.6 Å². The number of rotatable bonds is 4. The van der Waals surface area contributed by atoms with Gasteiger partial charge >= 0.3 is 0 Å². The first-order valence-electron chi connectivity index (χ1n) is 8.21. The van der Waals surface area contributed by atoms with Crippen LogP contribution in [0.4, 0.5) is 0 Å². The average Bonchev–Trinajstić information content (AvgIpc) is 3.11. The molecule has 19 heavy (non-hydrogen) atoms. The fraction of sp³-hybridized carbons (Fsp3) is 0.938. The highest BCUT2D eigenvalue weighted by atomic mass is 16.2. The second-order valence-corrected chi connectivity index (χ2v) is 7.80. The lowest BCUT2D eigenvalue weighted by Crippen LogP contribution is -2.47. The maximum absolute atomic E-state index is 11.8. The van der Waals surface area contributed by atoms with Crippen LogP contribution in [0.2, 0.25) is 0 Å². The van der Waals surface area contributed by atoms with Crippen molar-refractivity contribution < 1.29 is 4.79 Å². The Morgan fingerprint density at radius 2 is 1.63 bits per heavy atom. The zero-order chi connectivity index (χ0) is 13.0.